The van der Waals surface area contributed by atoms with Gasteiger partial charge in [0.1, 0.15) is 19.3 Å². The normalized spacial score (nSPS) is 11.9. The molecule has 0 aliphatic heterocycles. The van der Waals surface area contributed by atoms with Crippen LogP contribution in [0.15, 0.2) is 60.7 Å². The maximum Gasteiger partial charge on any atom is 0.500 e. The van der Waals surface area contributed by atoms with Crippen molar-refractivity contribution in [2.24, 2.45) is 0 Å². The summed E-state index contributed by atoms with van der Waals surface area (Å²) in [5, 5.41) is 5.27. The molecule has 1 atom stereocenters. The molecular weight excluding hydrogens is 520 g/mol. The first-order valence-corrected chi connectivity index (χ1v) is 15.2. The lowest BCUT2D eigenvalue weighted by molar-refractivity contribution is -0.147. The average Bonchev–Trinajstić information content (AvgIpc) is 2.94. The monoisotopic (exact) mass is 560 g/mol. The zero-order valence-electron chi connectivity index (χ0n) is 23.0. The third kappa shape index (κ3) is 12.4. The standard InChI is InChI=1S/C28H40N2O8Si/c1-4-36-39(37-5-2,38-6-3)19-13-18-29-27(32)25(20-26(31)34-21-23-14-9-7-10-15-23)30-28(33)35-22-24-16-11-8-12-17-24/h7-12,14-17,25H,4-6,13,18-22H2,1-3H3,(H,29,32)(H,30,33)/t25-/m1/s1. The Morgan fingerprint density at radius 2 is 1.28 bits per heavy atom. The minimum absolute atomic E-state index is 0.0263. The Bertz CT molecular complexity index is 919. The van der Waals surface area contributed by atoms with Crippen LogP contribution in [0.5, 0.6) is 0 Å². The van der Waals surface area contributed by atoms with Gasteiger partial charge < -0.3 is 33.4 Å². The molecule has 0 spiro atoms. The summed E-state index contributed by atoms with van der Waals surface area (Å²) in [5.74, 6) is -1.15. The van der Waals surface area contributed by atoms with E-state index in [9.17, 15) is 14.4 Å². The zero-order valence-corrected chi connectivity index (χ0v) is 24.0. The third-order valence-electron chi connectivity index (χ3n) is 5.49. The quantitative estimate of drug-likeness (QED) is 0.160. The fourth-order valence-electron chi connectivity index (χ4n) is 3.72. The number of carbonyl (C=O) groups excluding carboxylic acids is 3. The average molecular weight is 561 g/mol. The van der Waals surface area contributed by atoms with Gasteiger partial charge in [0.2, 0.25) is 5.91 Å². The molecule has 0 radical (unpaired) electrons. The van der Waals surface area contributed by atoms with Crippen molar-refractivity contribution >= 4 is 26.8 Å². The molecule has 0 aliphatic carbocycles. The number of carbonyl (C=O) groups is 3. The van der Waals surface area contributed by atoms with E-state index >= 15 is 0 Å². The lowest BCUT2D eigenvalue weighted by Crippen LogP contribution is -2.49. The van der Waals surface area contributed by atoms with E-state index in [1.165, 1.54) is 0 Å². The molecule has 10 nitrogen and oxygen atoms in total. The van der Waals surface area contributed by atoms with E-state index in [2.05, 4.69) is 10.6 Å². The Balaban J connectivity index is 1.95. The molecule has 2 aromatic carbocycles. The fourth-order valence-corrected chi connectivity index (χ4v) is 6.33. The van der Waals surface area contributed by atoms with Crippen LogP contribution >= 0.6 is 0 Å². The maximum atomic E-state index is 13.0. The van der Waals surface area contributed by atoms with Crippen LogP contribution in [0, 0.1) is 0 Å². The summed E-state index contributed by atoms with van der Waals surface area (Å²) in [6.45, 7) is 7.38. The molecule has 0 unspecified atom stereocenters. The number of alkyl carbamates (subject to hydrolysis) is 1. The minimum Gasteiger partial charge on any atom is -0.461 e. The number of esters is 1. The van der Waals surface area contributed by atoms with Crippen LogP contribution < -0.4 is 10.6 Å². The van der Waals surface area contributed by atoms with Gasteiger partial charge in [-0.2, -0.15) is 0 Å². The molecule has 0 aliphatic rings. The molecular formula is C28H40N2O8Si. The molecule has 0 heterocycles. The molecule has 2 aromatic rings. The Labute approximate surface area is 231 Å². The topological polar surface area (TPSA) is 121 Å². The number of ether oxygens (including phenoxy) is 2. The van der Waals surface area contributed by atoms with Gasteiger partial charge in [-0.25, -0.2) is 4.79 Å². The van der Waals surface area contributed by atoms with Crippen LogP contribution in [0.4, 0.5) is 4.79 Å². The van der Waals surface area contributed by atoms with Crippen molar-refractivity contribution in [3.8, 4) is 0 Å². The van der Waals surface area contributed by atoms with Crippen LogP contribution in [0.2, 0.25) is 6.04 Å². The molecule has 0 fully saturated rings. The summed E-state index contributed by atoms with van der Waals surface area (Å²) in [6.07, 6.45) is -0.638. The van der Waals surface area contributed by atoms with Gasteiger partial charge >= 0.3 is 20.9 Å². The molecule has 2 amide bonds. The van der Waals surface area contributed by atoms with Gasteiger partial charge in [-0.15, -0.1) is 0 Å². The Hall–Kier alpha value is -3.25. The van der Waals surface area contributed by atoms with Gasteiger partial charge in [-0.05, 0) is 38.3 Å². The first-order valence-electron chi connectivity index (χ1n) is 13.3. The number of hydrogen-bond donors (Lipinski definition) is 2. The minimum atomic E-state index is -2.85. The Kier molecular flexibility index (Phi) is 14.8. The molecule has 0 bridgehead atoms. The molecule has 11 heteroatoms. The number of hydrogen-bond acceptors (Lipinski definition) is 8. The maximum absolute atomic E-state index is 13.0. The first-order chi connectivity index (χ1) is 18.9. The van der Waals surface area contributed by atoms with E-state index in [0.29, 0.717) is 32.3 Å². The number of amides is 2. The molecule has 2 N–H and O–H groups in total. The van der Waals surface area contributed by atoms with Gasteiger partial charge in [-0.1, -0.05) is 60.7 Å². The molecule has 2 rings (SSSR count). The highest BCUT2D eigenvalue weighted by Gasteiger charge is 2.39. The Morgan fingerprint density at radius 1 is 0.769 bits per heavy atom. The second-order valence-corrected chi connectivity index (χ2v) is 11.2. The van der Waals surface area contributed by atoms with E-state index in [4.69, 9.17) is 22.8 Å². The highest BCUT2D eigenvalue weighted by atomic mass is 28.4. The summed E-state index contributed by atoms with van der Waals surface area (Å²) in [6, 6.07) is 17.7. The molecule has 214 valence electrons. The predicted molar refractivity (Wildman–Crippen MR) is 147 cm³/mol. The van der Waals surface area contributed by atoms with E-state index in [-0.39, 0.29) is 26.2 Å². The molecule has 39 heavy (non-hydrogen) atoms. The van der Waals surface area contributed by atoms with Crippen LogP contribution in [0.3, 0.4) is 0 Å². The summed E-state index contributed by atoms with van der Waals surface area (Å²) >= 11 is 0. The van der Waals surface area contributed by atoms with E-state index in [0.717, 1.165) is 11.1 Å². The molecule has 0 saturated heterocycles. The van der Waals surface area contributed by atoms with Crippen molar-refractivity contribution in [3.63, 3.8) is 0 Å². The summed E-state index contributed by atoms with van der Waals surface area (Å²) < 4.78 is 28.1. The summed E-state index contributed by atoms with van der Waals surface area (Å²) in [5.41, 5.74) is 1.61. The Morgan fingerprint density at radius 3 is 1.79 bits per heavy atom. The van der Waals surface area contributed by atoms with Crippen molar-refractivity contribution in [3.05, 3.63) is 71.8 Å². The lowest BCUT2D eigenvalue weighted by Gasteiger charge is -2.28. The van der Waals surface area contributed by atoms with Crippen LogP contribution in [-0.2, 0) is 45.6 Å². The molecule has 0 saturated carbocycles. The fraction of sp³-hybridized carbons (Fsp3) is 0.464. The first kappa shape index (κ1) is 32.0. The zero-order chi connectivity index (χ0) is 28.3. The number of rotatable bonds is 18. The van der Waals surface area contributed by atoms with E-state index in [1.54, 1.807) is 0 Å². The summed E-state index contributed by atoms with van der Waals surface area (Å²) in [7, 11) is -2.85. The van der Waals surface area contributed by atoms with Crippen LogP contribution in [0.1, 0.15) is 44.7 Å². The SMILES string of the molecule is CCO[Si](CCCNC(=O)[C@@H](CC(=O)OCc1ccccc1)NC(=O)OCc1ccccc1)(OCC)OCC. The predicted octanol–water partition coefficient (Wildman–Crippen LogP) is 3.97. The smallest absolute Gasteiger partial charge is 0.461 e. The third-order valence-corrected chi connectivity index (χ3v) is 8.64. The second kappa shape index (κ2) is 18.1. The molecule has 0 aromatic heterocycles. The highest BCUT2D eigenvalue weighted by molar-refractivity contribution is 6.60. The number of nitrogens with one attached hydrogen (secondary N) is 2. The van der Waals surface area contributed by atoms with E-state index < -0.39 is 32.8 Å². The largest absolute Gasteiger partial charge is 0.500 e. The van der Waals surface area contributed by atoms with Crippen molar-refractivity contribution in [1.29, 1.82) is 0 Å². The van der Waals surface area contributed by atoms with E-state index in [1.807, 2.05) is 81.4 Å². The van der Waals surface area contributed by atoms with Crippen LogP contribution in [0.25, 0.3) is 0 Å². The van der Waals surface area contributed by atoms with Gasteiger partial charge in [0, 0.05) is 32.4 Å². The van der Waals surface area contributed by atoms with Crippen LogP contribution in [-0.4, -0.2) is 59.2 Å². The van der Waals surface area contributed by atoms with Crippen molar-refractivity contribution in [2.45, 2.75) is 58.9 Å². The van der Waals surface area contributed by atoms with Gasteiger partial charge in [-0.3, -0.25) is 9.59 Å². The second-order valence-electron chi connectivity index (χ2n) is 8.49. The van der Waals surface area contributed by atoms with Gasteiger partial charge in [0.25, 0.3) is 0 Å². The highest BCUT2D eigenvalue weighted by Crippen LogP contribution is 2.18. The van der Waals surface area contributed by atoms with Gasteiger partial charge in [0.15, 0.2) is 0 Å². The number of benzene rings is 2. The van der Waals surface area contributed by atoms with Crippen molar-refractivity contribution < 1.29 is 37.1 Å². The summed E-state index contributed by atoms with van der Waals surface area (Å²) in [4.78, 5) is 38.0. The lowest BCUT2D eigenvalue weighted by atomic mass is 10.2. The van der Waals surface area contributed by atoms with Crippen molar-refractivity contribution in [2.75, 3.05) is 26.4 Å². The van der Waals surface area contributed by atoms with Gasteiger partial charge in [0.05, 0.1) is 6.42 Å². The van der Waals surface area contributed by atoms with Crippen molar-refractivity contribution in [1.82, 2.24) is 10.6 Å².